The highest BCUT2D eigenvalue weighted by Gasteiger charge is 2.28. The molecule has 1 aliphatic heterocycles. The summed E-state index contributed by atoms with van der Waals surface area (Å²) in [4.78, 5) is 12.9. The number of hydrogen-bond donors (Lipinski definition) is 1. The number of benzene rings is 1. The summed E-state index contributed by atoms with van der Waals surface area (Å²) >= 11 is 0. The van der Waals surface area contributed by atoms with Crippen molar-refractivity contribution in [2.75, 3.05) is 13.1 Å². The van der Waals surface area contributed by atoms with Gasteiger partial charge < -0.3 is 5.11 Å². The summed E-state index contributed by atoms with van der Waals surface area (Å²) in [5.41, 5.74) is 4.04. The summed E-state index contributed by atoms with van der Waals surface area (Å²) in [6.45, 7) is 7.06. The molecule has 1 N–H and O–H groups in total. The van der Waals surface area contributed by atoms with Crippen molar-refractivity contribution in [1.29, 1.82) is 0 Å². The SMILES string of the molecule is Cc1cccc(CN2CC(CC(=O)O)C2)c1C. The van der Waals surface area contributed by atoms with Crippen LogP contribution in [0, 0.1) is 19.8 Å². The molecule has 92 valence electrons. The number of rotatable bonds is 4. The van der Waals surface area contributed by atoms with Crippen LogP contribution in [-0.4, -0.2) is 29.1 Å². The van der Waals surface area contributed by atoms with E-state index in [0.29, 0.717) is 12.3 Å². The van der Waals surface area contributed by atoms with E-state index in [9.17, 15) is 4.79 Å². The van der Waals surface area contributed by atoms with Crippen LogP contribution in [0.4, 0.5) is 0 Å². The fourth-order valence-corrected chi connectivity index (χ4v) is 2.41. The highest BCUT2D eigenvalue weighted by atomic mass is 16.4. The fourth-order valence-electron chi connectivity index (χ4n) is 2.41. The molecule has 0 spiro atoms. The summed E-state index contributed by atoms with van der Waals surface area (Å²) in [5, 5.41) is 8.69. The molecule has 0 atom stereocenters. The van der Waals surface area contributed by atoms with Crippen LogP contribution in [-0.2, 0) is 11.3 Å². The second-order valence-corrected chi connectivity index (χ2v) is 5.02. The van der Waals surface area contributed by atoms with E-state index >= 15 is 0 Å². The van der Waals surface area contributed by atoms with Gasteiger partial charge in [-0.05, 0) is 36.5 Å². The monoisotopic (exact) mass is 233 g/mol. The minimum atomic E-state index is -0.679. The van der Waals surface area contributed by atoms with Crippen molar-refractivity contribution in [2.24, 2.45) is 5.92 Å². The highest BCUT2D eigenvalue weighted by Crippen LogP contribution is 2.23. The average Bonchev–Trinajstić information content (AvgIpc) is 2.20. The quantitative estimate of drug-likeness (QED) is 0.866. The first-order valence-electron chi connectivity index (χ1n) is 6.05. The number of likely N-dealkylation sites (tertiary alicyclic amines) is 1. The second-order valence-electron chi connectivity index (χ2n) is 5.02. The smallest absolute Gasteiger partial charge is 0.303 e. The molecule has 1 saturated heterocycles. The van der Waals surface area contributed by atoms with Crippen LogP contribution in [0.1, 0.15) is 23.1 Å². The van der Waals surface area contributed by atoms with E-state index in [4.69, 9.17) is 5.11 Å². The van der Waals surface area contributed by atoms with Gasteiger partial charge in [-0.2, -0.15) is 0 Å². The van der Waals surface area contributed by atoms with Gasteiger partial charge in [-0.1, -0.05) is 18.2 Å². The van der Waals surface area contributed by atoms with Crippen LogP contribution in [0.25, 0.3) is 0 Å². The Morgan fingerprint density at radius 1 is 1.41 bits per heavy atom. The Bertz CT molecular complexity index is 422. The molecular formula is C14H19NO2. The van der Waals surface area contributed by atoms with Crippen LogP contribution >= 0.6 is 0 Å². The molecule has 3 heteroatoms. The van der Waals surface area contributed by atoms with Crippen molar-refractivity contribution < 1.29 is 9.90 Å². The topological polar surface area (TPSA) is 40.5 Å². The number of aryl methyl sites for hydroxylation is 1. The summed E-state index contributed by atoms with van der Waals surface area (Å²) in [7, 11) is 0. The number of carbonyl (C=O) groups is 1. The maximum atomic E-state index is 10.5. The Morgan fingerprint density at radius 3 is 2.76 bits per heavy atom. The van der Waals surface area contributed by atoms with Gasteiger partial charge in [0.2, 0.25) is 0 Å². The van der Waals surface area contributed by atoms with Crippen LogP contribution in [0.15, 0.2) is 18.2 Å². The molecule has 3 nitrogen and oxygen atoms in total. The van der Waals surface area contributed by atoms with E-state index in [1.165, 1.54) is 16.7 Å². The number of hydrogen-bond acceptors (Lipinski definition) is 2. The zero-order valence-electron chi connectivity index (χ0n) is 10.4. The summed E-state index contributed by atoms with van der Waals surface area (Å²) in [5.74, 6) is -0.334. The predicted molar refractivity (Wildman–Crippen MR) is 66.9 cm³/mol. The fraction of sp³-hybridized carbons (Fsp3) is 0.500. The van der Waals surface area contributed by atoms with E-state index < -0.39 is 5.97 Å². The third-order valence-corrected chi connectivity index (χ3v) is 3.61. The molecule has 0 aromatic heterocycles. The van der Waals surface area contributed by atoms with E-state index in [1.54, 1.807) is 0 Å². The van der Waals surface area contributed by atoms with Crippen LogP contribution in [0.5, 0.6) is 0 Å². The molecule has 1 heterocycles. The van der Waals surface area contributed by atoms with E-state index in [-0.39, 0.29) is 0 Å². The minimum absolute atomic E-state index is 0.309. The van der Waals surface area contributed by atoms with Gasteiger partial charge >= 0.3 is 5.97 Å². The Kier molecular flexibility index (Phi) is 3.48. The minimum Gasteiger partial charge on any atom is -0.481 e. The van der Waals surface area contributed by atoms with Crippen molar-refractivity contribution in [3.8, 4) is 0 Å². The van der Waals surface area contributed by atoms with Gasteiger partial charge in [0.25, 0.3) is 0 Å². The third kappa shape index (κ3) is 2.86. The lowest BCUT2D eigenvalue weighted by atomic mass is 9.94. The summed E-state index contributed by atoms with van der Waals surface area (Å²) in [6, 6.07) is 6.38. The van der Waals surface area contributed by atoms with Gasteiger partial charge in [0, 0.05) is 19.6 Å². The van der Waals surface area contributed by atoms with E-state index in [1.807, 2.05) is 0 Å². The van der Waals surface area contributed by atoms with E-state index in [2.05, 4.69) is 36.9 Å². The lowest BCUT2D eigenvalue weighted by molar-refractivity contribution is -0.139. The molecule has 2 rings (SSSR count). The molecule has 0 unspecified atom stereocenters. The molecule has 0 amide bonds. The molecule has 0 bridgehead atoms. The molecule has 1 aliphatic rings. The van der Waals surface area contributed by atoms with Crippen LogP contribution < -0.4 is 0 Å². The highest BCUT2D eigenvalue weighted by molar-refractivity contribution is 5.67. The zero-order chi connectivity index (χ0) is 12.4. The van der Waals surface area contributed by atoms with Gasteiger partial charge in [0.1, 0.15) is 0 Å². The van der Waals surface area contributed by atoms with Gasteiger partial charge in [-0.25, -0.2) is 0 Å². The molecule has 0 saturated carbocycles. The zero-order valence-corrected chi connectivity index (χ0v) is 10.4. The van der Waals surface area contributed by atoms with Crippen molar-refractivity contribution in [3.63, 3.8) is 0 Å². The molecule has 0 aliphatic carbocycles. The Hall–Kier alpha value is -1.35. The lowest BCUT2D eigenvalue weighted by Crippen LogP contribution is -2.46. The Balaban J connectivity index is 1.88. The van der Waals surface area contributed by atoms with E-state index in [0.717, 1.165) is 19.6 Å². The third-order valence-electron chi connectivity index (χ3n) is 3.61. The molecule has 1 fully saturated rings. The summed E-state index contributed by atoms with van der Waals surface area (Å²) < 4.78 is 0. The second kappa shape index (κ2) is 4.88. The molecule has 17 heavy (non-hydrogen) atoms. The normalized spacial score (nSPS) is 16.8. The first-order valence-corrected chi connectivity index (χ1v) is 6.05. The molecular weight excluding hydrogens is 214 g/mol. The van der Waals surface area contributed by atoms with Crippen LogP contribution in [0.2, 0.25) is 0 Å². The standard InChI is InChI=1S/C14H19NO2/c1-10-4-3-5-13(11(10)2)9-15-7-12(8-15)6-14(16)17/h3-5,12H,6-9H2,1-2H3,(H,16,17). The first-order chi connectivity index (χ1) is 8.06. The Morgan fingerprint density at radius 2 is 2.12 bits per heavy atom. The van der Waals surface area contributed by atoms with Crippen LogP contribution in [0.3, 0.4) is 0 Å². The predicted octanol–water partition coefficient (Wildman–Crippen LogP) is 2.21. The van der Waals surface area contributed by atoms with Crippen molar-refractivity contribution in [3.05, 3.63) is 34.9 Å². The number of carboxylic acid groups (broad SMARTS) is 1. The van der Waals surface area contributed by atoms with Gasteiger partial charge in [0.05, 0.1) is 6.42 Å². The molecule has 1 aromatic carbocycles. The maximum Gasteiger partial charge on any atom is 0.303 e. The largest absolute Gasteiger partial charge is 0.481 e. The maximum absolute atomic E-state index is 10.5. The van der Waals surface area contributed by atoms with Crippen molar-refractivity contribution >= 4 is 5.97 Å². The van der Waals surface area contributed by atoms with Gasteiger partial charge in [-0.15, -0.1) is 0 Å². The van der Waals surface area contributed by atoms with Gasteiger partial charge in [-0.3, -0.25) is 9.69 Å². The van der Waals surface area contributed by atoms with Crippen molar-refractivity contribution in [1.82, 2.24) is 4.90 Å². The number of carboxylic acids is 1. The lowest BCUT2D eigenvalue weighted by Gasteiger charge is -2.39. The van der Waals surface area contributed by atoms with Gasteiger partial charge in [0.15, 0.2) is 0 Å². The first kappa shape index (κ1) is 12.1. The van der Waals surface area contributed by atoms with Crippen molar-refractivity contribution in [2.45, 2.75) is 26.8 Å². The Labute approximate surface area is 102 Å². The number of nitrogens with zero attached hydrogens (tertiary/aromatic N) is 1. The molecule has 1 aromatic rings. The average molecular weight is 233 g/mol. The molecule has 0 radical (unpaired) electrons. The summed E-state index contributed by atoms with van der Waals surface area (Å²) in [6.07, 6.45) is 0.309. The number of aliphatic carboxylic acids is 1.